The summed E-state index contributed by atoms with van der Waals surface area (Å²) < 4.78 is 13.9. The highest BCUT2D eigenvalue weighted by molar-refractivity contribution is 5.77. The molecule has 0 bridgehead atoms. The lowest BCUT2D eigenvalue weighted by molar-refractivity contribution is 0.340. The zero-order valence-electron chi connectivity index (χ0n) is 17.7. The minimum absolute atomic E-state index is 0.0554. The SMILES string of the molecule is CCOc1ccccc1-c1noc(Cn2c(=O)n([C@H](C)CC)c(=O)c3ccccc32)n1. The van der Waals surface area contributed by atoms with Crippen LogP contribution in [0.4, 0.5) is 0 Å². The summed E-state index contributed by atoms with van der Waals surface area (Å²) in [6, 6.07) is 14.3. The third-order valence-electron chi connectivity index (χ3n) is 5.30. The minimum Gasteiger partial charge on any atom is -0.493 e. The van der Waals surface area contributed by atoms with Gasteiger partial charge < -0.3 is 9.26 Å². The van der Waals surface area contributed by atoms with Gasteiger partial charge in [-0.2, -0.15) is 4.98 Å². The molecule has 0 radical (unpaired) electrons. The summed E-state index contributed by atoms with van der Waals surface area (Å²) in [5.41, 5.74) is 0.559. The molecule has 1 atom stereocenters. The molecule has 2 aromatic heterocycles. The first-order chi connectivity index (χ1) is 15.0. The second-order valence-electron chi connectivity index (χ2n) is 7.26. The van der Waals surface area contributed by atoms with Crippen LogP contribution in [-0.2, 0) is 6.54 Å². The molecule has 0 amide bonds. The van der Waals surface area contributed by atoms with E-state index in [4.69, 9.17) is 9.26 Å². The molecular formula is C23H24N4O4. The Balaban J connectivity index is 1.81. The number of hydrogen-bond acceptors (Lipinski definition) is 6. The number of aromatic nitrogens is 4. The Labute approximate surface area is 178 Å². The molecule has 31 heavy (non-hydrogen) atoms. The van der Waals surface area contributed by atoms with Gasteiger partial charge in [-0.1, -0.05) is 36.3 Å². The maximum Gasteiger partial charge on any atom is 0.332 e. The number of benzene rings is 2. The molecule has 2 aromatic carbocycles. The standard InChI is InChI=1S/C23H24N4O4/c1-4-15(3)27-22(28)16-10-6-8-12-18(16)26(23(27)29)14-20-24-21(25-31-20)17-11-7-9-13-19(17)30-5-2/h6-13,15H,4-5,14H2,1-3H3/t15-/m1/s1. The number of nitrogens with zero attached hydrogens (tertiary/aromatic N) is 4. The minimum atomic E-state index is -0.396. The van der Waals surface area contributed by atoms with Gasteiger partial charge in [0.05, 0.1) is 23.1 Å². The fourth-order valence-corrected chi connectivity index (χ4v) is 3.56. The van der Waals surface area contributed by atoms with Crippen molar-refractivity contribution in [2.24, 2.45) is 0 Å². The van der Waals surface area contributed by atoms with Crippen LogP contribution in [0.25, 0.3) is 22.3 Å². The van der Waals surface area contributed by atoms with Gasteiger partial charge in [0.15, 0.2) is 0 Å². The van der Waals surface area contributed by atoms with Crippen molar-refractivity contribution >= 4 is 10.9 Å². The van der Waals surface area contributed by atoms with E-state index < -0.39 is 5.69 Å². The summed E-state index contributed by atoms with van der Waals surface area (Å²) in [5.74, 6) is 1.31. The van der Waals surface area contributed by atoms with E-state index in [-0.39, 0.29) is 24.0 Å². The second kappa shape index (κ2) is 8.59. The molecule has 0 fully saturated rings. The predicted octanol–water partition coefficient (Wildman–Crippen LogP) is 3.63. The Kier molecular flexibility index (Phi) is 5.70. The average molecular weight is 420 g/mol. The molecule has 4 aromatic rings. The van der Waals surface area contributed by atoms with Crippen LogP contribution in [-0.4, -0.2) is 25.9 Å². The first-order valence-electron chi connectivity index (χ1n) is 10.3. The fraction of sp³-hybridized carbons (Fsp3) is 0.304. The van der Waals surface area contributed by atoms with Gasteiger partial charge in [-0.25, -0.2) is 4.79 Å². The van der Waals surface area contributed by atoms with Crippen LogP contribution < -0.4 is 16.0 Å². The largest absolute Gasteiger partial charge is 0.493 e. The van der Waals surface area contributed by atoms with Crippen molar-refractivity contribution in [1.29, 1.82) is 0 Å². The summed E-state index contributed by atoms with van der Waals surface area (Å²) in [7, 11) is 0. The first-order valence-corrected chi connectivity index (χ1v) is 10.3. The van der Waals surface area contributed by atoms with Gasteiger partial charge in [0, 0.05) is 6.04 Å². The lowest BCUT2D eigenvalue weighted by Crippen LogP contribution is -2.41. The van der Waals surface area contributed by atoms with Crippen molar-refractivity contribution < 1.29 is 9.26 Å². The summed E-state index contributed by atoms with van der Waals surface area (Å²) in [4.78, 5) is 30.6. The van der Waals surface area contributed by atoms with E-state index in [1.165, 1.54) is 9.13 Å². The molecule has 0 unspecified atom stereocenters. The van der Waals surface area contributed by atoms with Crippen molar-refractivity contribution in [2.45, 2.75) is 39.8 Å². The Morgan fingerprint density at radius 3 is 2.58 bits per heavy atom. The highest BCUT2D eigenvalue weighted by atomic mass is 16.5. The molecule has 0 aliphatic carbocycles. The lowest BCUT2D eigenvalue weighted by Gasteiger charge is -2.16. The molecule has 0 saturated heterocycles. The Morgan fingerprint density at radius 1 is 1.06 bits per heavy atom. The van der Waals surface area contributed by atoms with Crippen LogP contribution >= 0.6 is 0 Å². The first kappa shape index (κ1) is 20.6. The van der Waals surface area contributed by atoms with E-state index in [1.54, 1.807) is 24.3 Å². The zero-order chi connectivity index (χ0) is 22.0. The van der Waals surface area contributed by atoms with Gasteiger partial charge in [0.2, 0.25) is 11.7 Å². The molecule has 0 aliphatic rings. The van der Waals surface area contributed by atoms with Gasteiger partial charge in [-0.05, 0) is 44.5 Å². The number of para-hydroxylation sites is 2. The van der Waals surface area contributed by atoms with E-state index in [2.05, 4.69) is 10.1 Å². The summed E-state index contributed by atoms with van der Waals surface area (Å²) in [6.07, 6.45) is 0.659. The van der Waals surface area contributed by atoms with Crippen molar-refractivity contribution in [2.75, 3.05) is 6.61 Å². The molecular weight excluding hydrogens is 396 g/mol. The molecule has 0 saturated carbocycles. The third kappa shape index (κ3) is 3.76. The highest BCUT2D eigenvalue weighted by Crippen LogP contribution is 2.27. The molecule has 8 nitrogen and oxygen atoms in total. The number of hydrogen-bond donors (Lipinski definition) is 0. The fourth-order valence-electron chi connectivity index (χ4n) is 3.56. The van der Waals surface area contributed by atoms with Crippen LogP contribution in [0.2, 0.25) is 0 Å². The Bertz CT molecular complexity index is 1340. The van der Waals surface area contributed by atoms with Gasteiger partial charge in [-0.3, -0.25) is 13.9 Å². The van der Waals surface area contributed by atoms with E-state index in [1.807, 2.05) is 45.0 Å². The summed E-state index contributed by atoms with van der Waals surface area (Å²) in [5, 5.41) is 4.55. The topological polar surface area (TPSA) is 92.2 Å². The molecule has 8 heteroatoms. The smallest absolute Gasteiger partial charge is 0.332 e. The predicted molar refractivity (Wildman–Crippen MR) is 117 cm³/mol. The van der Waals surface area contributed by atoms with Crippen LogP contribution in [0, 0.1) is 0 Å². The third-order valence-corrected chi connectivity index (χ3v) is 5.30. The maximum absolute atomic E-state index is 13.2. The van der Waals surface area contributed by atoms with Crippen molar-refractivity contribution in [3.8, 4) is 17.1 Å². The second-order valence-corrected chi connectivity index (χ2v) is 7.26. The molecule has 0 spiro atoms. The van der Waals surface area contributed by atoms with Gasteiger partial charge in [0.1, 0.15) is 12.3 Å². The van der Waals surface area contributed by atoms with Crippen LogP contribution in [0.15, 0.2) is 62.6 Å². The van der Waals surface area contributed by atoms with Crippen LogP contribution in [0.1, 0.15) is 39.1 Å². The van der Waals surface area contributed by atoms with Gasteiger partial charge >= 0.3 is 5.69 Å². The van der Waals surface area contributed by atoms with E-state index in [9.17, 15) is 9.59 Å². The van der Waals surface area contributed by atoms with Crippen LogP contribution in [0.5, 0.6) is 5.75 Å². The van der Waals surface area contributed by atoms with Crippen molar-refractivity contribution in [1.82, 2.24) is 19.3 Å². The number of rotatable bonds is 7. The molecule has 4 rings (SSSR count). The molecule has 0 aliphatic heterocycles. The Hall–Kier alpha value is -3.68. The molecule has 0 N–H and O–H groups in total. The highest BCUT2D eigenvalue weighted by Gasteiger charge is 2.19. The normalized spacial score (nSPS) is 12.2. The van der Waals surface area contributed by atoms with E-state index >= 15 is 0 Å². The zero-order valence-corrected chi connectivity index (χ0v) is 17.7. The monoisotopic (exact) mass is 420 g/mol. The van der Waals surface area contributed by atoms with Gasteiger partial charge in [-0.15, -0.1) is 0 Å². The quantitative estimate of drug-likeness (QED) is 0.453. The average Bonchev–Trinajstić information content (AvgIpc) is 3.25. The number of fused-ring (bicyclic) bond motifs is 1. The van der Waals surface area contributed by atoms with Gasteiger partial charge in [0.25, 0.3) is 5.56 Å². The molecule has 2 heterocycles. The van der Waals surface area contributed by atoms with E-state index in [0.29, 0.717) is 41.1 Å². The van der Waals surface area contributed by atoms with E-state index in [0.717, 1.165) is 0 Å². The maximum atomic E-state index is 13.2. The summed E-state index contributed by atoms with van der Waals surface area (Å²) >= 11 is 0. The lowest BCUT2D eigenvalue weighted by atomic mass is 10.2. The summed E-state index contributed by atoms with van der Waals surface area (Å²) in [6.45, 7) is 6.27. The van der Waals surface area contributed by atoms with Crippen molar-refractivity contribution in [3.05, 3.63) is 75.3 Å². The number of ether oxygens (including phenoxy) is 1. The van der Waals surface area contributed by atoms with Crippen molar-refractivity contribution in [3.63, 3.8) is 0 Å². The Morgan fingerprint density at radius 2 is 1.81 bits per heavy atom. The van der Waals surface area contributed by atoms with Crippen LogP contribution in [0.3, 0.4) is 0 Å². The molecule has 160 valence electrons.